The van der Waals surface area contributed by atoms with E-state index < -0.39 is 0 Å². The third-order valence-corrected chi connectivity index (χ3v) is 3.66. The largest absolute Gasteiger partial charge is 0.339 e. The Bertz CT molecular complexity index is 912. The van der Waals surface area contributed by atoms with Gasteiger partial charge in [0.25, 0.3) is 0 Å². The Morgan fingerprint density at radius 3 is 2.65 bits per heavy atom. The first kappa shape index (κ1) is 17.3. The molecular weight excluding hydrogens is 328 g/mol. The smallest absolute Gasteiger partial charge is 0.249 e. The average molecular weight is 348 g/mol. The number of rotatable bonds is 6. The summed E-state index contributed by atoms with van der Waals surface area (Å²) in [5.41, 5.74) is 3.64. The molecule has 0 unspecified atom stereocenters. The van der Waals surface area contributed by atoms with Crippen molar-refractivity contribution in [2.75, 3.05) is 16.0 Å². The monoisotopic (exact) mass is 348 g/mol. The highest BCUT2D eigenvalue weighted by Crippen LogP contribution is 2.21. The van der Waals surface area contributed by atoms with Gasteiger partial charge in [0.2, 0.25) is 11.9 Å². The summed E-state index contributed by atoms with van der Waals surface area (Å²) in [4.78, 5) is 15.6. The molecule has 0 fully saturated rings. The summed E-state index contributed by atoms with van der Waals surface area (Å²) in [6.45, 7) is 3.57. The quantitative estimate of drug-likeness (QED) is 0.626. The fraction of sp³-hybridized carbons (Fsp3) is 0.158. The molecule has 0 radical (unpaired) electrons. The van der Waals surface area contributed by atoms with Gasteiger partial charge in [0.05, 0.1) is 6.20 Å². The molecule has 7 heteroatoms. The van der Waals surface area contributed by atoms with E-state index in [4.69, 9.17) is 0 Å². The molecule has 0 spiro atoms. The second kappa shape index (κ2) is 8.06. The van der Waals surface area contributed by atoms with Gasteiger partial charge >= 0.3 is 0 Å². The molecule has 1 amide bonds. The molecule has 3 aromatic rings. The normalized spacial score (nSPS) is 10.2. The molecule has 3 N–H and O–H groups in total. The van der Waals surface area contributed by atoms with Crippen molar-refractivity contribution in [2.24, 2.45) is 0 Å². The van der Waals surface area contributed by atoms with Crippen LogP contribution in [0.5, 0.6) is 0 Å². The summed E-state index contributed by atoms with van der Waals surface area (Å²) in [6.07, 6.45) is 2.49. The summed E-state index contributed by atoms with van der Waals surface area (Å²) >= 11 is 0. The molecule has 0 aliphatic heterocycles. The van der Waals surface area contributed by atoms with E-state index in [0.29, 0.717) is 17.5 Å². The van der Waals surface area contributed by atoms with E-state index >= 15 is 0 Å². The number of nitrogens with one attached hydrogen (secondary N) is 3. The zero-order valence-corrected chi connectivity index (χ0v) is 14.7. The van der Waals surface area contributed by atoms with Crippen molar-refractivity contribution in [1.82, 2.24) is 15.2 Å². The molecule has 132 valence electrons. The number of carbonyl (C=O) groups is 1. The van der Waals surface area contributed by atoms with Crippen LogP contribution in [-0.4, -0.2) is 21.1 Å². The Morgan fingerprint density at radius 2 is 1.85 bits per heavy atom. The van der Waals surface area contributed by atoms with Gasteiger partial charge in [0.1, 0.15) is 0 Å². The maximum absolute atomic E-state index is 11.2. The van der Waals surface area contributed by atoms with E-state index in [1.54, 1.807) is 12.3 Å². The summed E-state index contributed by atoms with van der Waals surface area (Å²) < 4.78 is 0. The van der Waals surface area contributed by atoms with Crippen molar-refractivity contribution in [3.63, 3.8) is 0 Å². The highest BCUT2D eigenvalue weighted by molar-refractivity contribution is 5.89. The van der Waals surface area contributed by atoms with Gasteiger partial charge in [0, 0.05) is 24.0 Å². The van der Waals surface area contributed by atoms with Crippen LogP contribution in [0.2, 0.25) is 0 Å². The van der Waals surface area contributed by atoms with Gasteiger partial charge in [-0.05, 0) is 36.2 Å². The van der Waals surface area contributed by atoms with E-state index in [1.807, 2.05) is 36.4 Å². The maximum Gasteiger partial charge on any atom is 0.249 e. The SMILES string of the molecule is CCc1ccccc1Nc1cnnc(Nc2cccc(NC(C)=O)c2)n1. The van der Waals surface area contributed by atoms with Crippen molar-refractivity contribution < 1.29 is 4.79 Å². The Hall–Kier alpha value is -3.48. The molecule has 26 heavy (non-hydrogen) atoms. The number of anilines is 5. The summed E-state index contributed by atoms with van der Waals surface area (Å²) in [7, 11) is 0. The maximum atomic E-state index is 11.2. The van der Waals surface area contributed by atoms with E-state index in [-0.39, 0.29) is 5.91 Å². The van der Waals surface area contributed by atoms with Gasteiger partial charge in [-0.3, -0.25) is 4.79 Å². The van der Waals surface area contributed by atoms with E-state index in [9.17, 15) is 4.79 Å². The minimum Gasteiger partial charge on any atom is -0.339 e. The number of aromatic nitrogens is 3. The van der Waals surface area contributed by atoms with Crippen LogP contribution in [-0.2, 0) is 11.2 Å². The molecule has 0 aliphatic carbocycles. The predicted molar refractivity (Wildman–Crippen MR) is 103 cm³/mol. The summed E-state index contributed by atoms with van der Waals surface area (Å²) in [6, 6.07) is 15.4. The van der Waals surface area contributed by atoms with Crippen molar-refractivity contribution in [1.29, 1.82) is 0 Å². The number of para-hydroxylation sites is 1. The van der Waals surface area contributed by atoms with Crippen molar-refractivity contribution in [3.8, 4) is 0 Å². The number of hydrogen-bond donors (Lipinski definition) is 3. The topological polar surface area (TPSA) is 91.8 Å². The van der Waals surface area contributed by atoms with Gasteiger partial charge in [-0.2, -0.15) is 10.1 Å². The zero-order chi connectivity index (χ0) is 18.4. The molecular formula is C19H20N6O. The molecule has 1 heterocycles. The Balaban J connectivity index is 1.76. The van der Waals surface area contributed by atoms with Crippen LogP contribution in [0, 0.1) is 0 Å². The van der Waals surface area contributed by atoms with Gasteiger partial charge < -0.3 is 16.0 Å². The lowest BCUT2D eigenvalue weighted by molar-refractivity contribution is -0.114. The third-order valence-electron chi connectivity index (χ3n) is 3.66. The lowest BCUT2D eigenvalue weighted by Gasteiger charge is -2.11. The van der Waals surface area contributed by atoms with Crippen LogP contribution in [0.3, 0.4) is 0 Å². The van der Waals surface area contributed by atoms with Crippen LogP contribution >= 0.6 is 0 Å². The van der Waals surface area contributed by atoms with Gasteiger partial charge in [-0.15, -0.1) is 5.10 Å². The molecule has 3 rings (SSSR count). The summed E-state index contributed by atoms with van der Waals surface area (Å²) in [5.74, 6) is 0.839. The molecule has 1 aromatic heterocycles. The summed E-state index contributed by atoms with van der Waals surface area (Å²) in [5, 5.41) is 17.1. The predicted octanol–water partition coefficient (Wildman–Crippen LogP) is 3.88. The zero-order valence-electron chi connectivity index (χ0n) is 14.7. The first-order valence-electron chi connectivity index (χ1n) is 8.33. The minimum absolute atomic E-state index is 0.124. The molecule has 2 aromatic carbocycles. The highest BCUT2D eigenvalue weighted by Gasteiger charge is 2.05. The van der Waals surface area contributed by atoms with E-state index in [2.05, 4.69) is 44.1 Å². The molecule has 0 atom stereocenters. The standard InChI is InChI=1S/C19H20N6O/c1-3-14-7-4-5-10-17(14)23-18-12-20-25-19(24-18)22-16-9-6-8-15(11-16)21-13(2)26/h4-12H,3H2,1-2H3,(H,21,26)(H2,22,23,24,25). The Kier molecular flexibility index (Phi) is 5.38. The van der Waals surface area contributed by atoms with Crippen LogP contribution in [0.15, 0.2) is 54.7 Å². The second-order valence-corrected chi connectivity index (χ2v) is 5.69. The van der Waals surface area contributed by atoms with Crippen LogP contribution < -0.4 is 16.0 Å². The molecule has 0 aliphatic rings. The first-order chi connectivity index (χ1) is 12.6. The number of carbonyl (C=O) groups excluding carboxylic acids is 1. The van der Waals surface area contributed by atoms with Gasteiger partial charge in [0.15, 0.2) is 5.82 Å². The average Bonchev–Trinajstić information content (AvgIpc) is 2.62. The number of nitrogens with zero attached hydrogens (tertiary/aromatic N) is 3. The first-order valence-corrected chi connectivity index (χ1v) is 8.33. The van der Waals surface area contributed by atoms with E-state index in [1.165, 1.54) is 12.5 Å². The highest BCUT2D eigenvalue weighted by atomic mass is 16.1. The van der Waals surface area contributed by atoms with Crippen molar-refractivity contribution in [3.05, 3.63) is 60.3 Å². The number of amides is 1. The molecule has 0 saturated carbocycles. The lowest BCUT2D eigenvalue weighted by Crippen LogP contribution is -2.06. The number of benzene rings is 2. The van der Waals surface area contributed by atoms with Gasteiger partial charge in [-0.25, -0.2) is 0 Å². The number of hydrogen-bond acceptors (Lipinski definition) is 6. The van der Waals surface area contributed by atoms with Crippen molar-refractivity contribution >= 4 is 34.7 Å². The van der Waals surface area contributed by atoms with Gasteiger partial charge in [-0.1, -0.05) is 31.2 Å². The number of aryl methyl sites for hydroxylation is 1. The minimum atomic E-state index is -0.124. The lowest BCUT2D eigenvalue weighted by atomic mass is 10.1. The van der Waals surface area contributed by atoms with Crippen LogP contribution in [0.4, 0.5) is 28.8 Å². The van der Waals surface area contributed by atoms with Crippen molar-refractivity contribution in [2.45, 2.75) is 20.3 Å². The Labute approximate surface area is 151 Å². The fourth-order valence-corrected chi connectivity index (χ4v) is 2.51. The fourth-order valence-electron chi connectivity index (χ4n) is 2.51. The van der Waals surface area contributed by atoms with Crippen LogP contribution in [0.25, 0.3) is 0 Å². The molecule has 0 saturated heterocycles. The van der Waals surface area contributed by atoms with E-state index in [0.717, 1.165) is 17.8 Å². The molecule has 0 bridgehead atoms. The van der Waals surface area contributed by atoms with Crippen LogP contribution in [0.1, 0.15) is 19.4 Å². The second-order valence-electron chi connectivity index (χ2n) is 5.69. The third kappa shape index (κ3) is 4.54. The molecule has 7 nitrogen and oxygen atoms in total. The Morgan fingerprint density at radius 1 is 1.04 bits per heavy atom.